The van der Waals surface area contributed by atoms with Crippen molar-refractivity contribution in [2.75, 3.05) is 25.5 Å². The van der Waals surface area contributed by atoms with Gasteiger partial charge in [-0.05, 0) is 19.8 Å². The standard InChI is InChI=1S/C10H16N4OS/c1-7-11-10(16-12-7)14-6-4-5-8(14)9(15)13(2)3/h8H,4-6H2,1-3H3. The number of hydrogen-bond acceptors (Lipinski definition) is 5. The molecule has 0 aromatic carbocycles. The molecule has 2 heterocycles. The van der Waals surface area contributed by atoms with Gasteiger partial charge in [0.1, 0.15) is 11.9 Å². The number of rotatable bonds is 2. The van der Waals surface area contributed by atoms with E-state index in [2.05, 4.69) is 14.3 Å². The number of aryl methyl sites for hydroxylation is 1. The van der Waals surface area contributed by atoms with E-state index < -0.39 is 0 Å². The summed E-state index contributed by atoms with van der Waals surface area (Å²) in [6, 6.07) is -0.0534. The number of carbonyl (C=O) groups is 1. The van der Waals surface area contributed by atoms with Crippen LogP contribution in [0.5, 0.6) is 0 Å². The van der Waals surface area contributed by atoms with Crippen LogP contribution in [0.25, 0.3) is 0 Å². The molecule has 0 spiro atoms. The first-order valence-corrected chi connectivity index (χ1v) is 6.15. The van der Waals surface area contributed by atoms with Gasteiger partial charge in [0, 0.05) is 32.2 Å². The van der Waals surface area contributed by atoms with Crippen molar-refractivity contribution < 1.29 is 4.79 Å². The van der Waals surface area contributed by atoms with Crippen LogP contribution in [0.1, 0.15) is 18.7 Å². The molecule has 1 saturated heterocycles. The number of likely N-dealkylation sites (N-methyl/N-ethyl adjacent to an activating group) is 1. The minimum atomic E-state index is -0.0534. The van der Waals surface area contributed by atoms with Crippen LogP contribution in [-0.2, 0) is 4.79 Å². The average molecular weight is 240 g/mol. The van der Waals surface area contributed by atoms with E-state index in [9.17, 15) is 4.79 Å². The molecular formula is C10H16N4OS. The van der Waals surface area contributed by atoms with Gasteiger partial charge in [-0.25, -0.2) is 4.98 Å². The lowest BCUT2D eigenvalue weighted by Gasteiger charge is -2.25. The smallest absolute Gasteiger partial charge is 0.244 e. The Morgan fingerprint density at radius 1 is 1.56 bits per heavy atom. The molecule has 0 bridgehead atoms. The number of amides is 1. The summed E-state index contributed by atoms with van der Waals surface area (Å²) in [5.74, 6) is 0.938. The maximum Gasteiger partial charge on any atom is 0.244 e. The summed E-state index contributed by atoms with van der Waals surface area (Å²) in [5, 5.41) is 0.871. The first kappa shape index (κ1) is 11.3. The number of anilines is 1. The number of hydrogen-bond donors (Lipinski definition) is 0. The van der Waals surface area contributed by atoms with E-state index in [0.29, 0.717) is 0 Å². The molecule has 1 aliphatic heterocycles. The summed E-state index contributed by atoms with van der Waals surface area (Å²) in [6.07, 6.45) is 1.96. The molecule has 1 unspecified atom stereocenters. The fourth-order valence-electron chi connectivity index (χ4n) is 1.95. The van der Waals surface area contributed by atoms with Gasteiger partial charge in [-0.3, -0.25) is 4.79 Å². The van der Waals surface area contributed by atoms with Crippen LogP contribution in [0.4, 0.5) is 5.13 Å². The van der Waals surface area contributed by atoms with Gasteiger partial charge in [-0.1, -0.05) is 0 Å². The average Bonchev–Trinajstić information content (AvgIpc) is 2.83. The van der Waals surface area contributed by atoms with Gasteiger partial charge < -0.3 is 9.80 Å². The van der Waals surface area contributed by atoms with Gasteiger partial charge in [0.05, 0.1) is 0 Å². The van der Waals surface area contributed by atoms with Crippen LogP contribution in [0.2, 0.25) is 0 Å². The molecule has 1 fully saturated rings. The first-order valence-electron chi connectivity index (χ1n) is 5.37. The highest BCUT2D eigenvalue weighted by atomic mass is 32.1. The van der Waals surface area contributed by atoms with Crippen molar-refractivity contribution >= 4 is 22.6 Å². The third kappa shape index (κ3) is 2.02. The predicted molar refractivity (Wildman–Crippen MR) is 63.7 cm³/mol. The second-order valence-electron chi connectivity index (χ2n) is 4.21. The quantitative estimate of drug-likeness (QED) is 0.771. The molecule has 88 valence electrons. The zero-order chi connectivity index (χ0) is 11.7. The van der Waals surface area contributed by atoms with Crippen molar-refractivity contribution in [2.45, 2.75) is 25.8 Å². The molecule has 2 rings (SSSR count). The van der Waals surface area contributed by atoms with E-state index >= 15 is 0 Å². The minimum Gasteiger partial charge on any atom is -0.347 e. The summed E-state index contributed by atoms with van der Waals surface area (Å²) < 4.78 is 4.16. The summed E-state index contributed by atoms with van der Waals surface area (Å²) in [5.41, 5.74) is 0. The summed E-state index contributed by atoms with van der Waals surface area (Å²) in [7, 11) is 3.59. The van der Waals surface area contributed by atoms with E-state index in [0.717, 1.165) is 30.3 Å². The Morgan fingerprint density at radius 3 is 2.88 bits per heavy atom. The molecule has 1 amide bonds. The highest BCUT2D eigenvalue weighted by Gasteiger charge is 2.33. The maximum atomic E-state index is 12.0. The van der Waals surface area contributed by atoms with Crippen molar-refractivity contribution in [3.05, 3.63) is 5.82 Å². The highest BCUT2D eigenvalue weighted by Crippen LogP contribution is 2.27. The molecule has 6 heteroatoms. The monoisotopic (exact) mass is 240 g/mol. The first-order chi connectivity index (χ1) is 7.59. The zero-order valence-corrected chi connectivity index (χ0v) is 10.6. The molecule has 16 heavy (non-hydrogen) atoms. The number of aromatic nitrogens is 2. The van der Waals surface area contributed by atoms with Crippen molar-refractivity contribution in [3.63, 3.8) is 0 Å². The van der Waals surface area contributed by atoms with Crippen LogP contribution in [0.3, 0.4) is 0 Å². The molecule has 0 N–H and O–H groups in total. The van der Waals surface area contributed by atoms with E-state index in [1.165, 1.54) is 11.5 Å². The Bertz CT molecular complexity index is 390. The van der Waals surface area contributed by atoms with E-state index in [1.807, 2.05) is 6.92 Å². The third-order valence-electron chi connectivity index (χ3n) is 2.74. The van der Waals surface area contributed by atoms with Gasteiger partial charge in [0.2, 0.25) is 11.0 Å². The molecule has 1 aromatic heterocycles. The van der Waals surface area contributed by atoms with Gasteiger partial charge >= 0.3 is 0 Å². The highest BCUT2D eigenvalue weighted by molar-refractivity contribution is 7.09. The topological polar surface area (TPSA) is 49.3 Å². The van der Waals surface area contributed by atoms with Gasteiger partial charge in [0.15, 0.2) is 0 Å². The minimum absolute atomic E-state index is 0.0534. The molecule has 5 nitrogen and oxygen atoms in total. The van der Waals surface area contributed by atoms with Crippen LogP contribution in [0.15, 0.2) is 0 Å². The van der Waals surface area contributed by atoms with Crippen LogP contribution < -0.4 is 4.90 Å². The zero-order valence-electron chi connectivity index (χ0n) is 9.80. The largest absolute Gasteiger partial charge is 0.347 e. The molecule has 1 aliphatic rings. The SMILES string of the molecule is Cc1nsc(N2CCCC2C(=O)N(C)C)n1. The van der Waals surface area contributed by atoms with Crippen molar-refractivity contribution in [3.8, 4) is 0 Å². The van der Waals surface area contributed by atoms with Crippen molar-refractivity contribution in [1.82, 2.24) is 14.3 Å². The van der Waals surface area contributed by atoms with Crippen molar-refractivity contribution in [2.24, 2.45) is 0 Å². The predicted octanol–water partition coefficient (Wildman–Crippen LogP) is 0.904. The Balaban J connectivity index is 2.18. The van der Waals surface area contributed by atoms with E-state index in [1.54, 1.807) is 19.0 Å². The fourth-order valence-corrected chi connectivity index (χ4v) is 2.70. The Morgan fingerprint density at radius 2 is 2.31 bits per heavy atom. The lowest BCUT2D eigenvalue weighted by Crippen LogP contribution is -2.42. The van der Waals surface area contributed by atoms with Crippen LogP contribution in [-0.4, -0.2) is 46.8 Å². The van der Waals surface area contributed by atoms with E-state index in [4.69, 9.17) is 0 Å². The third-order valence-corrected chi connectivity index (χ3v) is 3.59. The molecule has 0 aliphatic carbocycles. The normalized spacial score (nSPS) is 20.2. The van der Waals surface area contributed by atoms with Crippen LogP contribution in [0, 0.1) is 6.92 Å². The Hall–Kier alpha value is -1.17. The lowest BCUT2D eigenvalue weighted by atomic mass is 10.2. The fraction of sp³-hybridized carbons (Fsp3) is 0.700. The second kappa shape index (κ2) is 4.37. The Labute approximate surface area is 99.2 Å². The maximum absolute atomic E-state index is 12.0. The molecule has 0 radical (unpaired) electrons. The summed E-state index contributed by atoms with van der Waals surface area (Å²) in [4.78, 5) is 20.0. The number of carbonyl (C=O) groups excluding carboxylic acids is 1. The molecular weight excluding hydrogens is 224 g/mol. The van der Waals surface area contributed by atoms with Crippen molar-refractivity contribution in [1.29, 1.82) is 0 Å². The van der Waals surface area contributed by atoms with Gasteiger partial charge in [-0.15, -0.1) is 0 Å². The number of nitrogens with zero attached hydrogens (tertiary/aromatic N) is 4. The lowest BCUT2D eigenvalue weighted by molar-refractivity contribution is -0.129. The van der Waals surface area contributed by atoms with E-state index in [-0.39, 0.29) is 11.9 Å². The molecule has 0 saturated carbocycles. The second-order valence-corrected chi connectivity index (χ2v) is 4.94. The Kier molecular flexibility index (Phi) is 3.09. The van der Waals surface area contributed by atoms with Gasteiger partial charge in [-0.2, -0.15) is 4.37 Å². The summed E-state index contributed by atoms with van der Waals surface area (Å²) in [6.45, 7) is 2.78. The van der Waals surface area contributed by atoms with Crippen LogP contribution >= 0.6 is 11.5 Å². The molecule has 1 aromatic rings. The molecule has 1 atom stereocenters. The summed E-state index contributed by atoms with van der Waals surface area (Å²) >= 11 is 1.37. The van der Waals surface area contributed by atoms with Gasteiger partial charge in [0.25, 0.3) is 0 Å².